The highest BCUT2D eigenvalue weighted by molar-refractivity contribution is 7.91. The quantitative estimate of drug-likeness (QED) is 0.868. The molecule has 0 aromatic carbocycles. The highest BCUT2D eigenvalue weighted by Crippen LogP contribution is 2.24. The summed E-state index contributed by atoms with van der Waals surface area (Å²) in [7, 11) is -2.09. The Kier molecular flexibility index (Phi) is 3.75. The van der Waals surface area contributed by atoms with Crippen LogP contribution in [0.3, 0.4) is 0 Å². The van der Waals surface area contributed by atoms with Gasteiger partial charge in [-0.1, -0.05) is 0 Å². The van der Waals surface area contributed by atoms with Crippen LogP contribution in [0.2, 0.25) is 0 Å². The van der Waals surface area contributed by atoms with Gasteiger partial charge in [-0.2, -0.15) is 9.57 Å². The first-order valence-corrected chi connectivity index (χ1v) is 7.71. The lowest BCUT2D eigenvalue weighted by Gasteiger charge is -2.14. The summed E-state index contributed by atoms with van der Waals surface area (Å²) in [4.78, 5) is 0.376. The third-order valence-corrected chi connectivity index (χ3v) is 5.79. The Balaban J connectivity index is 2.22. The molecule has 2 aromatic rings. The number of hydrogen-bond donors (Lipinski definition) is 0. The van der Waals surface area contributed by atoms with Gasteiger partial charge in [0.1, 0.15) is 26.7 Å². The molecule has 0 saturated heterocycles. The minimum Gasteiger partial charge on any atom is -0.465 e. The van der Waals surface area contributed by atoms with Crippen LogP contribution in [0.5, 0.6) is 0 Å². The largest absolute Gasteiger partial charge is 0.465 e. The summed E-state index contributed by atoms with van der Waals surface area (Å²) >= 11 is 0.963. The minimum absolute atomic E-state index is 0.162. The van der Waals surface area contributed by atoms with E-state index in [4.69, 9.17) is 9.68 Å². The van der Waals surface area contributed by atoms with E-state index in [9.17, 15) is 8.42 Å². The summed E-state index contributed by atoms with van der Waals surface area (Å²) in [5.41, 5.74) is 0. The molecule has 0 unspecified atom stereocenters. The molecular weight excluding hydrogens is 284 g/mol. The lowest BCUT2D eigenvalue weighted by molar-refractivity contribution is 0.398. The van der Waals surface area contributed by atoms with Crippen LogP contribution < -0.4 is 0 Å². The molecule has 19 heavy (non-hydrogen) atoms. The van der Waals surface area contributed by atoms with Gasteiger partial charge in [-0.15, -0.1) is 11.3 Å². The molecule has 5 nitrogen and oxygen atoms in total. The molecule has 0 atom stereocenters. The summed E-state index contributed by atoms with van der Waals surface area (Å²) < 4.78 is 31.2. The zero-order valence-electron chi connectivity index (χ0n) is 10.5. The van der Waals surface area contributed by atoms with Gasteiger partial charge in [0.25, 0.3) is 10.0 Å². The first-order chi connectivity index (χ1) is 8.93. The highest BCUT2D eigenvalue weighted by atomic mass is 32.2. The maximum atomic E-state index is 12.3. The van der Waals surface area contributed by atoms with Crippen molar-refractivity contribution in [2.24, 2.45) is 0 Å². The zero-order chi connectivity index (χ0) is 14.0. The molecule has 0 fully saturated rings. The van der Waals surface area contributed by atoms with Gasteiger partial charge >= 0.3 is 0 Å². The topological polar surface area (TPSA) is 74.3 Å². The van der Waals surface area contributed by atoms with E-state index < -0.39 is 10.0 Å². The van der Waals surface area contributed by atoms with Crippen LogP contribution in [0.15, 0.2) is 32.9 Å². The Bertz CT molecular complexity index is 722. The number of sulfonamides is 1. The standard InChI is InChI=1S/C12H12N2O3S2/c1-9-3-4-10(17-9)8-14(2)19(15,16)12-6-5-11(7-13)18-12/h3-6H,8H2,1-2H3. The fraction of sp³-hybridized carbons (Fsp3) is 0.250. The maximum absolute atomic E-state index is 12.3. The Morgan fingerprint density at radius 3 is 2.63 bits per heavy atom. The average Bonchev–Trinajstić information content (AvgIpc) is 2.98. The molecule has 0 aliphatic heterocycles. The van der Waals surface area contributed by atoms with Crippen molar-refractivity contribution in [1.29, 1.82) is 5.26 Å². The summed E-state index contributed by atoms with van der Waals surface area (Å²) in [6, 6.07) is 8.41. The Labute approximate surface area is 115 Å². The van der Waals surface area contributed by atoms with Crippen molar-refractivity contribution in [2.75, 3.05) is 7.05 Å². The molecule has 0 aliphatic carbocycles. The summed E-state index contributed by atoms with van der Waals surface area (Å²) in [6.07, 6.45) is 0. The van der Waals surface area contributed by atoms with Crippen LogP contribution in [-0.2, 0) is 16.6 Å². The summed E-state index contributed by atoms with van der Waals surface area (Å²) in [5.74, 6) is 1.32. The van der Waals surface area contributed by atoms with Gasteiger partial charge in [-0.25, -0.2) is 8.42 Å². The predicted octanol–water partition coefficient (Wildman–Crippen LogP) is 2.34. The van der Waals surface area contributed by atoms with Gasteiger partial charge in [0.05, 0.1) is 6.54 Å². The molecule has 0 radical (unpaired) electrons. The molecule has 0 saturated carbocycles. The average molecular weight is 296 g/mol. The monoisotopic (exact) mass is 296 g/mol. The first kappa shape index (κ1) is 13.8. The van der Waals surface area contributed by atoms with Gasteiger partial charge in [0, 0.05) is 7.05 Å². The van der Waals surface area contributed by atoms with E-state index in [1.54, 1.807) is 19.1 Å². The zero-order valence-corrected chi connectivity index (χ0v) is 12.1. The van der Waals surface area contributed by atoms with Crippen molar-refractivity contribution >= 4 is 21.4 Å². The number of hydrogen-bond acceptors (Lipinski definition) is 5. The normalized spacial score (nSPS) is 11.7. The van der Waals surface area contributed by atoms with E-state index in [0.29, 0.717) is 10.6 Å². The molecule has 7 heteroatoms. The molecule has 2 aromatic heterocycles. The van der Waals surface area contributed by atoms with Crippen molar-refractivity contribution < 1.29 is 12.8 Å². The molecule has 0 spiro atoms. The van der Waals surface area contributed by atoms with E-state index in [1.807, 2.05) is 6.07 Å². The third-order valence-electron chi connectivity index (χ3n) is 2.53. The Morgan fingerprint density at radius 2 is 2.11 bits per heavy atom. The molecule has 0 aliphatic rings. The number of nitrogens with zero attached hydrogens (tertiary/aromatic N) is 2. The van der Waals surface area contributed by atoms with Gasteiger partial charge in [-0.05, 0) is 31.2 Å². The van der Waals surface area contributed by atoms with Crippen molar-refractivity contribution in [2.45, 2.75) is 17.7 Å². The van der Waals surface area contributed by atoms with Crippen molar-refractivity contribution in [3.8, 4) is 6.07 Å². The van der Waals surface area contributed by atoms with Gasteiger partial charge < -0.3 is 4.42 Å². The molecule has 2 heterocycles. The third kappa shape index (κ3) is 2.87. The fourth-order valence-electron chi connectivity index (χ4n) is 1.55. The summed E-state index contributed by atoms with van der Waals surface area (Å²) in [5, 5.41) is 8.73. The molecule has 2 rings (SSSR count). The van der Waals surface area contributed by atoms with E-state index in [1.165, 1.54) is 23.5 Å². The van der Waals surface area contributed by atoms with Crippen LogP contribution in [0.25, 0.3) is 0 Å². The van der Waals surface area contributed by atoms with E-state index in [2.05, 4.69) is 0 Å². The fourth-order valence-corrected chi connectivity index (χ4v) is 4.00. The Morgan fingerprint density at radius 1 is 1.37 bits per heavy atom. The van der Waals surface area contributed by atoms with Crippen LogP contribution in [0, 0.1) is 18.3 Å². The van der Waals surface area contributed by atoms with Gasteiger partial charge in [-0.3, -0.25) is 0 Å². The number of aryl methyl sites for hydroxylation is 1. The van der Waals surface area contributed by atoms with Crippen molar-refractivity contribution in [1.82, 2.24) is 4.31 Å². The molecule has 100 valence electrons. The predicted molar refractivity (Wildman–Crippen MR) is 71.1 cm³/mol. The van der Waals surface area contributed by atoms with Crippen molar-refractivity contribution in [3.05, 3.63) is 40.7 Å². The number of nitriles is 1. The van der Waals surface area contributed by atoms with Gasteiger partial charge in [0.2, 0.25) is 0 Å². The molecule has 0 amide bonds. The maximum Gasteiger partial charge on any atom is 0.252 e. The molecule has 0 bridgehead atoms. The summed E-state index contributed by atoms with van der Waals surface area (Å²) in [6.45, 7) is 1.96. The second-order valence-corrected chi connectivity index (χ2v) is 7.36. The molecular formula is C12H12N2O3S2. The highest BCUT2D eigenvalue weighted by Gasteiger charge is 2.23. The van der Waals surface area contributed by atoms with Crippen LogP contribution in [0.1, 0.15) is 16.4 Å². The molecule has 0 N–H and O–H groups in total. The second-order valence-electron chi connectivity index (χ2n) is 4.00. The second kappa shape index (κ2) is 5.17. The van der Waals surface area contributed by atoms with Crippen molar-refractivity contribution in [3.63, 3.8) is 0 Å². The minimum atomic E-state index is -3.58. The first-order valence-electron chi connectivity index (χ1n) is 5.45. The number of thiophene rings is 1. The van der Waals surface area contributed by atoms with E-state index >= 15 is 0 Å². The SMILES string of the molecule is Cc1ccc(CN(C)S(=O)(=O)c2ccc(C#N)s2)o1. The smallest absolute Gasteiger partial charge is 0.252 e. The van der Waals surface area contributed by atoms with Crippen LogP contribution in [-0.4, -0.2) is 19.8 Å². The lowest BCUT2D eigenvalue weighted by Crippen LogP contribution is -2.25. The van der Waals surface area contributed by atoms with E-state index in [0.717, 1.165) is 17.1 Å². The van der Waals surface area contributed by atoms with Gasteiger partial charge in [0.15, 0.2) is 0 Å². The van der Waals surface area contributed by atoms with Crippen LogP contribution in [0.4, 0.5) is 0 Å². The lowest BCUT2D eigenvalue weighted by atomic mass is 10.4. The number of furan rings is 1. The Hall–Kier alpha value is -1.62. The van der Waals surface area contributed by atoms with Crippen LogP contribution >= 0.6 is 11.3 Å². The van der Waals surface area contributed by atoms with E-state index in [-0.39, 0.29) is 10.8 Å². The number of rotatable bonds is 4.